The lowest BCUT2D eigenvalue weighted by molar-refractivity contribution is 0.342. The van der Waals surface area contributed by atoms with Crippen molar-refractivity contribution in [2.75, 3.05) is 0 Å². The van der Waals surface area contributed by atoms with Gasteiger partial charge in [0.1, 0.15) is 59.5 Å². The summed E-state index contributed by atoms with van der Waals surface area (Å²) >= 11 is 6.37. The van der Waals surface area contributed by atoms with E-state index in [0.717, 1.165) is 92.7 Å². The topological polar surface area (TPSA) is 281 Å². The van der Waals surface area contributed by atoms with Gasteiger partial charge in [-0.3, -0.25) is 0 Å². The standard InChI is InChI=1S/5C7H5F2NO.5C7H5F2NS.2C6H4F2N2S/c1-3-6(9)5-4(8)2-11-7(5)10-3;1-3-5(9)7-6(10-3)4(8)2-11-7;1-3-6(9)7-4(10-3)2-5(8)11-7;1-3-6(9)4-2-5(8)11-7(4)10-3;1-3-2-4-6(10-3)5(8)7(9)11-4;1-3-6(9)5-4(8)2-11-7(5)10-3;1-3-5(9)7-6(10-3)4(8)2-11-7;1-3-6(9)7-4(10-3)2-5(8)11-7;1-3-6(9)4-2-5(8)11-7(4)10-3;1-3-2-4-6(10-3)5(8)7(9)11-4;1-2-3(7)4-5(9-2)10-6(8)11-4;1-2-3(7)4-5(9-2)11-6(8)10-4/h10*2,10H,1H3;2*9H,1H3. The number of aromatic nitrogens is 14. The van der Waals surface area contributed by atoms with Crippen LogP contribution in [0.15, 0.2) is 81.8 Å². The van der Waals surface area contributed by atoms with Gasteiger partial charge in [0, 0.05) is 74.6 Å². The Morgan fingerprint density at radius 1 is 0.303 bits per heavy atom. The van der Waals surface area contributed by atoms with Gasteiger partial charge in [-0.1, -0.05) is 34.0 Å². The average molecular weight is 2000 g/mol. The van der Waals surface area contributed by atoms with Gasteiger partial charge in [-0.05, 0) is 95.2 Å². The van der Waals surface area contributed by atoms with Gasteiger partial charge in [0.25, 0.3) is 22.6 Å². The molecule has 0 amide bonds. The van der Waals surface area contributed by atoms with Gasteiger partial charge in [0.05, 0.1) is 81.1 Å². The molecule has 0 atom stereocenters. The van der Waals surface area contributed by atoms with Gasteiger partial charge in [0.2, 0.25) is 22.4 Å². The summed E-state index contributed by atoms with van der Waals surface area (Å²) < 4.78 is 329. The first-order valence-corrected chi connectivity index (χ1v) is 42.9. The Morgan fingerprint density at radius 2 is 0.833 bits per heavy atom. The smallest absolute Gasteiger partial charge is 0.317 e. The van der Waals surface area contributed by atoms with Crippen LogP contribution in [0.5, 0.6) is 0 Å². The minimum atomic E-state index is -1.16. The number of hydrogen-bond donors (Lipinski definition) is 12. The summed E-state index contributed by atoms with van der Waals surface area (Å²) in [6.45, 7) is 19.3. The summed E-state index contributed by atoms with van der Waals surface area (Å²) in [6, 6.07) is 5.21. The quantitative estimate of drug-likeness (QED) is 0.0652. The summed E-state index contributed by atoms with van der Waals surface area (Å²) in [5, 5.41) is 0.435. The van der Waals surface area contributed by atoms with E-state index in [9.17, 15) is 105 Å². The molecule has 24 aromatic heterocycles. The van der Waals surface area contributed by atoms with Crippen LogP contribution >= 0.6 is 79.4 Å². The van der Waals surface area contributed by atoms with Crippen molar-refractivity contribution in [3.63, 3.8) is 0 Å². The first-order valence-electron chi connectivity index (χ1n) is 37.1. The number of hydrogen-bond acceptors (Lipinski definition) is 14. The molecule has 0 saturated heterocycles. The number of thiophene rings is 5. The molecule has 50 heteroatoms. The first-order chi connectivity index (χ1) is 62.2. The molecule has 24 aromatic rings. The fourth-order valence-electron chi connectivity index (χ4n) is 12.3. The van der Waals surface area contributed by atoms with Crippen molar-refractivity contribution in [1.82, 2.24) is 69.8 Å². The van der Waals surface area contributed by atoms with Crippen LogP contribution in [0.1, 0.15) is 68.3 Å². The number of fused-ring (bicyclic) bond motifs is 12. The second kappa shape index (κ2) is 39.2. The second-order valence-corrected chi connectivity index (χ2v) is 34.7. The Bertz CT molecular complexity index is 7110. The van der Waals surface area contributed by atoms with Gasteiger partial charge in [-0.2, -0.15) is 44.5 Å². The van der Waals surface area contributed by atoms with Crippen molar-refractivity contribution in [2.45, 2.75) is 83.1 Å². The molecule has 0 aliphatic carbocycles. The predicted molar refractivity (Wildman–Crippen MR) is 457 cm³/mol. The number of aromatic amines is 12. The molecular weight excluding hydrogens is 1940 g/mol. The van der Waals surface area contributed by atoms with Gasteiger partial charge in [-0.15, -0.1) is 45.3 Å². The summed E-state index contributed by atoms with van der Waals surface area (Å²) in [4.78, 5) is 40.3. The van der Waals surface area contributed by atoms with E-state index < -0.39 is 104 Å². The fraction of sp³-hybridized carbons (Fsp3) is 0.146. The highest BCUT2D eigenvalue weighted by molar-refractivity contribution is 7.19. The highest BCUT2D eigenvalue weighted by atomic mass is 32.1. The minimum absolute atomic E-state index is 0.0417. The number of aryl methyl sites for hydroxylation is 12. The zero-order valence-corrected chi connectivity index (χ0v) is 74.4. The van der Waals surface area contributed by atoms with Gasteiger partial charge < -0.3 is 81.9 Å². The summed E-state index contributed by atoms with van der Waals surface area (Å²) in [5.41, 5.74) is 7.92. The zero-order chi connectivity index (χ0) is 96.1. The number of nitrogens with one attached hydrogen (secondary N) is 12. The van der Waals surface area contributed by atoms with Crippen LogP contribution < -0.4 is 0 Å². The lowest BCUT2D eigenvalue weighted by Crippen LogP contribution is -1.76. The molecule has 0 bridgehead atoms. The largest absolute Gasteiger partial charge is 0.456 e. The molecule has 0 fully saturated rings. The zero-order valence-electron chi connectivity index (χ0n) is 68.6. The van der Waals surface area contributed by atoms with E-state index >= 15 is 0 Å². The van der Waals surface area contributed by atoms with Crippen LogP contribution in [0, 0.1) is 220 Å². The number of H-pyrrole nitrogens is 12. The monoisotopic (exact) mass is 2000 g/mol. The molecule has 0 aliphatic rings. The van der Waals surface area contributed by atoms with Crippen LogP contribution in [0.2, 0.25) is 0 Å². The molecule has 12 N–H and O–H groups in total. The minimum Gasteiger partial charge on any atom is -0.456 e. The summed E-state index contributed by atoms with van der Waals surface area (Å²) in [7, 11) is 0. The highest BCUT2D eigenvalue weighted by Gasteiger charge is 2.23. The highest BCUT2D eigenvalue weighted by Crippen LogP contribution is 2.36. The van der Waals surface area contributed by atoms with Crippen LogP contribution in [0.25, 0.3) is 127 Å². The average Bonchev–Trinajstić information content (AvgIpc) is 1.64. The Labute approximate surface area is 747 Å². The number of furan rings is 5. The van der Waals surface area contributed by atoms with Crippen molar-refractivity contribution in [1.29, 1.82) is 0 Å². The van der Waals surface area contributed by atoms with Gasteiger partial charge >= 0.3 is 6.01 Å². The molecule has 0 unspecified atom stereocenters. The number of rotatable bonds is 0. The summed E-state index contributed by atoms with van der Waals surface area (Å²) in [5.74, 6) is -8.24. The van der Waals surface area contributed by atoms with Crippen molar-refractivity contribution >= 4 is 207 Å². The van der Waals surface area contributed by atoms with E-state index in [1.807, 2.05) is 6.92 Å². The molecule has 0 aliphatic heterocycles. The molecule has 24 rings (SSSR count). The molecule has 132 heavy (non-hydrogen) atoms. The van der Waals surface area contributed by atoms with Gasteiger partial charge in [0.15, 0.2) is 114 Å². The third-order valence-electron chi connectivity index (χ3n) is 18.5. The van der Waals surface area contributed by atoms with E-state index in [1.54, 1.807) is 74.4 Å². The third kappa shape index (κ3) is 20.2. The molecule has 0 radical (unpaired) electrons. The molecule has 19 nitrogen and oxygen atoms in total. The predicted octanol–water partition coefficient (Wildman–Crippen LogP) is 30.2. The Balaban J connectivity index is 0.000000122. The van der Waals surface area contributed by atoms with E-state index in [4.69, 9.17) is 0 Å². The second-order valence-electron chi connectivity index (χ2n) is 28.0. The lowest BCUT2D eigenvalue weighted by Gasteiger charge is -1.82. The molecule has 24 heterocycles. The Hall–Kier alpha value is -13.0. The van der Waals surface area contributed by atoms with Crippen molar-refractivity contribution in [2.24, 2.45) is 0 Å². The maximum absolute atomic E-state index is 13.0. The first kappa shape index (κ1) is 96.5. The maximum atomic E-state index is 13.0. The molecule has 696 valence electrons. The number of thiazole rings is 2. The Morgan fingerprint density at radius 3 is 1.47 bits per heavy atom. The van der Waals surface area contributed by atoms with Gasteiger partial charge in [-0.25, -0.2) is 70.8 Å². The van der Waals surface area contributed by atoms with Crippen molar-refractivity contribution in [3.8, 4) is 0 Å². The van der Waals surface area contributed by atoms with E-state index in [0.29, 0.717) is 119 Å². The normalized spacial score (nSPS) is 11.2. The molecule has 0 aromatic carbocycles. The van der Waals surface area contributed by atoms with E-state index in [1.165, 1.54) is 48.1 Å². The SMILES string of the molecule is Cc1[nH]c2c(F)coc2c1F.Cc1[nH]c2c(F)csc2c1F.Cc1[nH]c2cc(F)oc2c1F.Cc1[nH]c2cc(F)sc2c1F.Cc1[nH]c2nc(F)sc2c1F.Cc1[nH]c2oc(F)cc2c1F.Cc1[nH]c2occ(F)c2c1F.Cc1[nH]c2sc(F)cc2c1F.Cc1[nH]c2sc(F)nc2c1F.Cc1[nH]c2scc(F)c2c1F.Cc1cc2oc(F)c(F)c2[nH]1.Cc1cc2sc(F)c(F)c2[nH]1. The number of nitrogens with zero attached hydrogens (tertiary/aromatic N) is 2. The molecule has 0 saturated carbocycles. The number of halogens is 24. The van der Waals surface area contributed by atoms with Crippen molar-refractivity contribution in [3.05, 3.63) is 265 Å². The van der Waals surface area contributed by atoms with Crippen LogP contribution in [-0.4, -0.2) is 69.8 Å². The van der Waals surface area contributed by atoms with Crippen LogP contribution in [-0.2, 0) is 0 Å². The molecule has 0 spiro atoms. The lowest BCUT2D eigenvalue weighted by atomic mass is 10.3. The summed E-state index contributed by atoms with van der Waals surface area (Å²) in [6.07, 6.45) is 1.76. The maximum Gasteiger partial charge on any atom is 0.317 e. The van der Waals surface area contributed by atoms with E-state index in [-0.39, 0.29) is 110 Å². The third-order valence-corrected chi connectivity index (χ3v) is 24.6. The van der Waals surface area contributed by atoms with E-state index in [2.05, 4.69) is 91.9 Å². The van der Waals surface area contributed by atoms with Crippen LogP contribution in [0.3, 0.4) is 0 Å². The Kier molecular flexibility index (Phi) is 28.6. The van der Waals surface area contributed by atoms with Crippen LogP contribution in [0.4, 0.5) is 105 Å². The fourth-order valence-corrected chi connectivity index (χ4v) is 18.0. The van der Waals surface area contributed by atoms with Crippen molar-refractivity contribution < 1.29 is 127 Å². The molecular formula is C82H58F24N14O5S7.